The van der Waals surface area contributed by atoms with Crippen LogP contribution in [0.1, 0.15) is 5.56 Å². The quantitative estimate of drug-likeness (QED) is 0.707. The summed E-state index contributed by atoms with van der Waals surface area (Å²) in [6.07, 6.45) is 0.257. The lowest BCUT2D eigenvalue weighted by Crippen LogP contribution is -2.17. The summed E-state index contributed by atoms with van der Waals surface area (Å²) in [7, 11) is 1.34. The van der Waals surface area contributed by atoms with Gasteiger partial charge >= 0.3 is 6.36 Å². The number of methoxy groups -OCH3 is 1. The van der Waals surface area contributed by atoms with E-state index in [1.807, 2.05) is 0 Å². The van der Waals surface area contributed by atoms with Crippen LogP contribution in [0.25, 0.3) is 0 Å². The van der Waals surface area contributed by atoms with Gasteiger partial charge in [0.05, 0.1) is 12.7 Å². The molecule has 0 N–H and O–H groups in total. The Morgan fingerprint density at radius 1 is 1.33 bits per heavy atom. The van der Waals surface area contributed by atoms with Gasteiger partial charge in [0.15, 0.2) is 0 Å². The lowest BCUT2D eigenvalue weighted by Gasteiger charge is -2.11. The summed E-state index contributed by atoms with van der Waals surface area (Å²) >= 11 is 0. The smallest absolute Gasteiger partial charge is 0.497 e. The highest BCUT2D eigenvalue weighted by molar-refractivity contribution is 5.49. The third-order valence-corrected chi connectivity index (χ3v) is 1.57. The first-order chi connectivity index (χ1) is 6.96. The SMILES string of the molecule is C#Cc1ccc(OC)cc1OC(F)(F)F. The Bertz CT molecular complexity index is 391. The fourth-order valence-electron chi connectivity index (χ4n) is 0.958. The Balaban J connectivity index is 3.08. The first-order valence-corrected chi connectivity index (χ1v) is 3.86. The number of alkyl halides is 3. The van der Waals surface area contributed by atoms with Crippen LogP contribution in [-0.4, -0.2) is 13.5 Å². The fourth-order valence-corrected chi connectivity index (χ4v) is 0.958. The standard InChI is InChI=1S/C10H7F3O2/c1-3-7-4-5-8(14-2)6-9(7)15-10(11,12)13/h1,4-6H,2H3. The summed E-state index contributed by atoms with van der Waals surface area (Å²) in [6.45, 7) is 0. The molecule has 80 valence electrons. The van der Waals surface area contributed by atoms with Crippen LogP contribution < -0.4 is 9.47 Å². The van der Waals surface area contributed by atoms with E-state index in [0.29, 0.717) is 0 Å². The van der Waals surface area contributed by atoms with Crippen molar-refractivity contribution in [2.75, 3.05) is 7.11 Å². The van der Waals surface area contributed by atoms with E-state index in [0.717, 1.165) is 6.07 Å². The molecule has 0 amide bonds. The molecule has 1 aromatic rings. The Morgan fingerprint density at radius 2 is 2.00 bits per heavy atom. The molecule has 1 rings (SSSR count). The number of halogens is 3. The summed E-state index contributed by atoms with van der Waals surface area (Å²) in [5, 5.41) is 0. The van der Waals surface area contributed by atoms with Crippen molar-refractivity contribution in [2.24, 2.45) is 0 Å². The largest absolute Gasteiger partial charge is 0.573 e. The Kier molecular flexibility index (Phi) is 3.10. The molecule has 0 heterocycles. The van der Waals surface area contributed by atoms with E-state index >= 15 is 0 Å². The van der Waals surface area contributed by atoms with Gasteiger partial charge in [0.25, 0.3) is 0 Å². The van der Waals surface area contributed by atoms with E-state index in [4.69, 9.17) is 11.2 Å². The number of ether oxygens (including phenoxy) is 2. The third-order valence-electron chi connectivity index (χ3n) is 1.57. The summed E-state index contributed by atoms with van der Waals surface area (Å²) in [4.78, 5) is 0. The van der Waals surface area contributed by atoms with Crippen LogP contribution >= 0.6 is 0 Å². The highest BCUT2D eigenvalue weighted by Crippen LogP contribution is 2.29. The number of rotatable bonds is 2. The van der Waals surface area contributed by atoms with E-state index in [1.54, 1.807) is 0 Å². The maximum atomic E-state index is 12.0. The predicted octanol–water partition coefficient (Wildman–Crippen LogP) is 2.58. The highest BCUT2D eigenvalue weighted by atomic mass is 19.4. The first kappa shape index (κ1) is 11.2. The molecule has 1 aromatic carbocycles. The van der Waals surface area contributed by atoms with E-state index in [9.17, 15) is 13.2 Å². The zero-order chi connectivity index (χ0) is 11.5. The van der Waals surface area contributed by atoms with Gasteiger partial charge in [-0.15, -0.1) is 19.6 Å². The second-order valence-electron chi connectivity index (χ2n) is 2.55. The Labute approximate surface area is 84.6 Å². The van der Waals surface area contributed by atoms with Crippen molar-refractivity contribution in [3.8, 4) is 23.8 Å². The van der Waals surface area contributed by atoms with Crippen LogP contribution in [-0.2, 0) is 0 Å². The molecule has 0 radical (unpaired) electrons. The van der Waals surface area contributed by atoms with Gasteiger partial charge in [0, 0.05) is 6.07 Å². The van der Waals surface area contributed by atoms with Crippen molar-refractivity contribution in [3.05, 3.63) is 23.8 Å². The number of hydrogen-bond donors (Lipinski definition) is 0. The predicted molar refractivity (Wildman–Crippen MR) is 47.6 cm³/mol. The molecule has 2 nitrogen and oxygen atoms in total. The maximum absolute atomic E-state index is 12.0. The van der Waals surface area contributed by atoms with Gasteiger partial charge in [-0.2, -0.15) is 0 Å². The van der Waals surface area contributed by atoms with Crippen molar-refractivity contribution >= 4 is 0 Å². The van der Waals surface area contributed by atoms with E-state index in [-0.39, 0.29) is 11.3 Å². The molecule has 15 heavy (non-hydrogen) atoms. The fraction of sp³-hybridized carbons (Fsp3) is 0.200. The van der Waals surface area contributed by atoms with Crippen LogP contribution in [0.15, 0.2) is 18.2 Å². The molecule has 0 saturated carbocycles. The minimum absolute atomic E-state index is 0.0214. The monoisotopic (exact) mass is 216 g/mol. The molecular formula is C10H7F3O2. The summed E-state index contributed by atoms with van der Waals surface area (Å²) in [6, 6.07) is 3.86. The molecule has 5 heteroatoms. The number of hydrogen-bond acceptors (Lipinski definition) is 2. The highest BCUT2D eigenvalue weighted by Gasteiger charge is 2.32. The molecule has 0 fully saturated rings. The molecule has 0 atom stereocenters. The van der Waals surface area contributed by atoms with E-state index in [1.165, 1.54) is 19.2 Å². The van der Waals surface area contributed by atoms with Gasteiger partial charge in [0.2, 0.25) is 0 Å². The van der Waals surface area contributed by atoms with Crippen LogP contribution in [0.4, 0.5) is 13.2 Å². The van der Waals surface area contributed by atoms with Gasteiger partial charge in [-0.3, -0.25) is 0 Å². The second-order valence-corrected chi connectivity index (χ2v) is 2.55. The normalized spacial score (nSPS) is 10.6. The first-order valence-electron chi connectivity index (χ1n) is 3.86. The van der Waals surface area contributed by atoms with Crippen LogP contribution in [0.5, 0.6) is 11.5 Å². The molecule has 0 aromatic heterocycles. The third kappa shape index (κ3) is 3.09. The second kappa shape index (κ2) is 4.13. The molecule has 0 aliphatic carbocycles. The zero-order valence-electron chi connectivity index (χ0n) is 7.76. The average molecular weight is 216 g/mol. The number of benzene rings is 1. The molecule has 0 aliphatic heterocycles. The van der Waals surface area contributed by atoms with Crippen LogP contribution in [0.3, 0.4) is 0 Å². The van der Waals surface area contributed by atoms with Crippen LogP contribution in [0.2, 0.25) is 0 Å². The molecule has 0 saturated heterocycles. The summed E-state index contributed by atoms with van der Waals surface area (Å²) in [5.41, 5.74) is 0.0214. The number of terminal acetylenes is 1. The summed E-state index contributed by atoms with van der Waals surface area (Å²) in [5.74, 6) is 1.89. The van der Waals surface area contributed by atoms with Gasteiger partial charge in [-0.05, 0) is 12.1 Å². The van der Waals surface area contributed by atoms with Crippen molar-refractivity contribution in [1.82, 2.24) is 0 Å². The lowest BCUT2D eigenvalue weighted by molar-refractivity contribution is -0.274. The van der Waals surface area contributed by atoms with Crippen molar-refractivity contribution in [3.63, 3.8) is 0 Å². The zero-order valence-corrected chi connectivity index (χ0v) is 7.76. The topological polar surface area (TPSA) is 18.5 Å². The van der Waals surface area contributed by atoms with Gasteiger partial charge in [-0.25, -0.2) is 0 Å². The molecule has 0 spiro atoms. The van der Waals surface area contributed by atoms with Gasteiger partial charge in [-0.1, -0.05) is 5.92 Å². The van der Waals surface area contributed by atoms with Crippen LogP contribution in [0, 0.1) is 12.3 Å². The van der Waals surface area contributed by atoms with Gasteiger partial charge in [0.1, 0.15) is 11.5 Å². The lowest BCUT2D eigenvalue weighted by atomic mass is 10.2. The summed E-state index contributed by atoms with van der Waals surface area (Å²) < 4.78 is 44.4. The van der Waals surface area contributed by atoms with Crippen molar-refractivity contribution < 1.29 is 22.6 Å². The van der Waals surface area contributed by atoms with Crippen molar-refractivity contribution in [1.29, 1.82) is 0 Å². The minimum atomic E-state index is -4.77. The Morgan fingerprint density at radius 3 is 2.47 bits per heavy atom. The van der Waals surface area contributed by atoms with Gasteiger partial charge < -0.3 is 9.47 Å². The Hall–Kier alpha value is -1.83. The van der Waals surface area contributed by atoms with E-state index < -0.39 is 12.1 Å². The molecular weight excluding hydrogens is 209 g/mol. The van der Waals surface area contributed by atoms with E-state index in [2.05, 4.69) is 10.7 Å². The molecule has 0 bridgehead atoms. The van der Waals surface area contributed by atoms with Crippen molar-refractivity contribution in [2.45, 2.75) is 6.36 Å². The molecule has 0 unspecified atom stereocenters. The average Bonchev–Trinajstić information content (AvgIpc) is 2.15. The molecule has 0 aliphatic rings. The maximum Gasteiger partial charge on any atom is 0.573 e. The minimum Gasteiger partial charge on any atom is -0.497 e.